The molecule has 0 fully saturated rings. The third-order valence-electron chi connectivity index (χ3n) is 1.49. The molecular weight excluding hydrogens is 188 g/mol. The van der Waals surface area contributed by atoms with Gasteiger partial charge in [0.1, 0.15) is 5.75 Å². The summed E-state index contributed by atoms with van der Waals surface area (Å²) in [6, 6.07) is 6.79. The molecule has 0 bridgehead atoms. The largest absolute Gasteiger partial charge is 0.426 e. The Balaban J connectivity index is 2.69. The van der Waals surface area contributed by atoms with E-state index in [1.54, 1.807) is 38.1 Å². The molecule has 0 saturated heterocycles. The maximum atomic E-state index is 11.2. The van der Waals surface area contributed by atoms with Gasteiger partial charge in [0.2, 0.25) is 0 Å². The zero-order valence-corrected chi connectivity index (χ0v) is 8.34. The molecular formula is C10H11ClO2. The first kappa shape index (κ1) is 10.1. The molecule has 3 heteroatoms. The van der Waals surface area contributed by atoms with E-state index in [9.17, 15) is 4.79 Å². The molecule has 0 heterocycles. The molecule has 0 spiro atoms. The van der Waals surface area contributed by atoms with Gasteiger partial charge in [-0.25, -0.2) is 0 Å². The maximum absolute atomic E-state index is 11.2. The van der Waals surface area contributed by atoms with Crippen LogP contribution in [0.15, 0.2) is 24.3 Å². The molecule has 0 radical (unpaired) electrons. The van der Waals surface area contributed by atoms with Crippen molar-refractivity contribution in [3.63, 3.8) is 0 Å². The second kappa shape index (κ2) is 4.28. The van der Waals surface area contributed by atoms with Crippen molar-refractivity contribution in [1.29, 1.82) is 0 Å². The van der Waals surface area contributed by atoms with Crippen molar-refractivity contribution in [3.05, 3.63) is 29.3 Å². The molecule has 70 valence electrons. The normalized spacial score (nSPS) is 10.2. The summed E-state index contributed by atoms with van der Waals surface area (Å²) in [6.45, 7) is 3.57. The fourth-order valence-corrected chi connectivity index (χ4v) is 0.945. The first-order valence-electron chi connectivity index (χ1n) is 4.07. The van der Waals surface area contributed by atoms with E-state index in [4.69, 9.17) is 16.3 Å². The van der Waals surface area contributed by atoms with E-state index < -0.39 is 0 Å². The first-order chi connectivity index (χ1) is 6.09. The van der Waals surface area contributed by atoms with Crippen LogP contribution in [-0.2, 0) is 4.79 Å². The summed E-state index contributed by atoms with van der Waals surface area (Å²) < 4.78 is 5.03. The Kier molecular flexibility index (Phi) is 3.32. The van der Waals surface area contributed by atoms with Gasteiger partial charge in [-0.1, -0.05) is 31.5 Å². The van der Waals surface area contributed by atoms with Gasteiger partial charge in [0.05, 0.1) is 5.92 Å². The van der Waals surface area contributed by atoms with Crippen LogP contribution in [0, 0.1) is 5.92 Å². The molecule has 0 aromatic heterocycles. The lowest BCUT2D eigenvalue weighted by atomic mass is 10.2. The molecule has 0 aliphatic carbocycles. The van der Waals surface area contributed by atoms with Gasteiger partial charge in [0, 0.05) is 5.02 Å². The highest BCUT2D eigenvalue weighted by molar-refractivity contribution is 6.30. The number of esters is 1. The van der Waals surface area contributed by atoms with Crippen molar-refractivity contribution in [2.75, 3.05) is 0 Å². The van der Waals surface area contributed by atoms with E-state index in [1.807, 2.05) is 0 Å². The fraction of sp³-hybridized carbons (Fsp3) is 0.300. The predicted octanol–water partition coefficient (Wildman–Crippen LogP) is 2.90. The zero-order chi connectivity index (χ0) is 9.84. The number of ether oxygens (including phenoxy) is 1. The Bertz CT molecular complexity index is 308. The van der Waals surface area contributed by atoms with Gasteiger partial charge in [-0.05, 0) is 18.2 Å². The van der Waals surface area contributed by atoms with Crippen molar-refractivity contribution < 1.29 is 9.53 Å². The Hall–Kier alpha value is -1.02. The molecule has 1 aromatic rings. The minimum absolute atomic E-state index is 0.126. The molecule has 1 aromatic carbocycles. The number of carbonyl (C=O) groups is 1. The number of benzene rings is 1. The molecule has 0 atom stereocenters. The SMILES string of the molecule is CC(C)C(=O)Oc1cccc(Cl)c1. The summed E-state index contributed by atoms with van der Waals surface area (Å²) >= 11 is 5.72. The van der Waals surface area contributed by atoms with Crippen molar-refractivity contribution in [3.8, 4) is 5.75 Å². The summed E-state index contributed by atoms with van der Waals surface area (Å²) in [6.07, 6.45) is 0. The minimum atomic E-state index is -0.248. The second-order valence-electron chi connectivity index (χ2n) is 3.03. The van der Waals surface area contributed by atoms with Gasteiger partial charge in [-0.2, -0.15) is 0 Å². The highest BCUT2D eigenvalue weighted by Gasteiger charge is 2.09. The molecule has 0 aliphatic rings. The summed E-state index contributed by atoms with van der Waals surface area (Å²) in [7, 11) is 0. The monoisotopic (exact) mass is 198 g/mol. The average molecular weight is 199 g/mol. The van der Waals surface area contributed by atoms with Crippen LogP contribution in [0.1, 0.15) is 13.8 Å². The van der Waals surface area contributed by atoms with Gasteiger partial charge in [-0.3, -0.25) is 4.79 Å². The Morgan fingerprint density at radius 3 is 2.69 bits per heavy atom. The van der Waals surface area contributed by atoms with Crippen molar-refractivity contribution in [2.24, 2.45) is 5.92 Å². The van der Waals surface area contributed by atoms with Crippen LogP contribution < -0.4 is 4.74 Å². The van der Waals surface area contributed by atoms with Crippen LogP contribution in [0.3, 0.4) is 0 Å². The molecule has 0 unspecified atom stereocenters. The van der Waals surface area contributed by atoms with E-state index in [0.717, 1.165) is 0 Å². The second-order valence-corrected chi connectivity index (χ2v) is 3.47. The maximum Gasteiger partial charge on any atom is 0.313 e. The fourth-order valence-electron chi connectivity index (χ4n) is 0.764. The quantitative estimate of drug-likeness (QED) is 0.540. The highest BCUT2D eigenvalue weighted by atomic mass is 35.5. The van der Waals surface area contributed by atoms with Crippen LogP contribution >= 0.6 is 11.6 Å². The molecule has 1 rings (SSSR count). The topological polar surface area (TPSA) is 26.3 Å². The van der Waals surface area contributed by atoms with Gasteiger partial charge in [-0.15, -0.1) is 0 Å². The van der Waals surface area contributed by atoms with E-state index in [0.29, 0.717) is 10.8 Å². The first-order valence-corrected chi connectivity index (χ1v) is 4.44. The summed E-state index contributed by atoms with van der Waals surface area (Å²) in [4.78, 5) is 11.2. The summed E-state index contributed by atoms with van der Waals surface area (Å²) in [5, 5.41) is 0.564. The van der Waals surface area contributed by atoms with Crippen molar-refractivity contribution in [1.82, 2.24) is 0 Å². The van der Waals surface area contributed by atoms with Gasteiger partial charge < -0.3 is 4.74 Å². The predicted molar refractivity (Wildman–Crippen MR) is 51.9 cm³/mol. The van der Waals surface area contributed by atoms with Crippen LogP contribution in [0.5, 0.6) is 5.75 Å². The summed E-state index contributed by atoms with van der Waals surface area (Å²) in [5.41, 5.74) is 0. The smallest absolute Gasteiger partial charge is 0.313 e. The Morgan fingerprint density at radius 1 is 1.46 bits per heavy atom. The highest BCUT2D eigenvalue weighted by Crippen LogP contribution is 2.17. The van der Waals surface area contributed by atoms with Crippen molar-refractivity contribution in [2.45, 2.75) is 13.8 Å². The van der Waals surface area contributed by atoms with Gasteiger partial charge in [0.25, 0.3) is 0 Å². The molecule has 0 amide bonds. The van der Waals surface area contributed by atoms with Gasteiger partial charge in [0.15, 0.2) is 0 Å². The van der Waals surface area contributed by atoms with Crippen LogP contribution in [0.4, 0.5) is 0 Å². The molecule has 0 aliphatic heterocycles. The van der Waals surface area contributed by atoms with Crippen LogP contribution in [0.2, 0.25) is 5.02 Å². The molecule has 2 nitrogen and oxygen atoms in total. The Morgan fingerprint density at radius 2 is 2.15 bits per heavy atom. The number of rotatable bonds is 2. The number of halogens is 1. The molecule has 0 N–H and O–H groups in total. The lowest BCUT2D eigenvalue weighted by molar-refractivity contribution is -0.137. The number of hydrogen-bond acceptors (Lipinski definition) is 2. The number of hydrogen-bond donors (Lipinski definition) is 0. The molecule has 13 heavy (non-hydrogen) atoms. The summed E-state index contributed by atoms with van der Waals surface area (Å²) in [5.74, 6) is 0.118. The van der Waals surface area contributed by atoms with Crippen LogP contribution in [0.25, 0.3) is 0 Å². The van der Waals surface area contributed by atoms with E-state index in [1.165, 1.54) is 0 Å². The lowest BCUT2D eigenvalue weighted by Gasteiger charge is -2.06. The lowest BCUT2D eigenvalue weighted by Crippen LogP contribution is -2.14. The third kappa shape index (κ3) is 3.07. The average Bonchev–Trinajstić information content (AvgIpc) is 2.04. The van der Waals surface area contributed by atoms with Gasteiger partial charge >= 0.3 is 5.97 Å². The van der Waals surface area contributed by atoms with Crippen LogP contribution in [-0.4, -0.2) is 5.97 Å². The van der Waals surface area contributed by atoms with E-state index in [-0.39, 0.29) is 11.9 Å². The molecule has 0 saturated carbocycles. The number of carbonyl (C=O) groups excluding carboxylic acids is 1. The van der Waals surface area contributed by atoms with E-state index in [2.05, 4.69) is 0 Å². The zero-order valence-electron chi connectivity index (χ0n) is 7.58. The third-order valence-corrected chi connectivity index (χ3v) is 1.72. The standard InChI is InChI=1S/C10H11ClO2/c1-7(2)10(12)13-9-5-3-4-8(11)6-9/h3-7H,1-2H3. The Labute approximate surface area is 82.5 Å². The minimum Gasteiger partial charge on any atom is -0.426 e. The van der Waals surface area contributed by atoms with Crippen molar-refractivity contribution >= 4 is 17.6 Å². The van der Waals surface area contributed by atoms with E-state index >= 15 is 0 Å².